The van der Waals surface area contributed by atoms with Gasteiger partial charge >= 0.3 is 12.1 Å². The Morgan fingerprint density at radius 2 is 1.60 bits per heavy atom. The van der Waals surface area contributed by atoms with Crippen LogP contribution in [0.3, 0.4) is 0 Å². The number of benzene rings is 5. The number of hydrogen-bond acceptors (Lipinski definition) is 8. The molecule has 0 saturated carbocycles. The van der Waals surface area contributed by atoms with Crippen molar-refractivity contribution < 1.29 is 46.6 Å². The lowest BCUT2D eigenvalue weighted by Gasteiger charge is -2.39. The molecule has 0 spiro atoms. The molecule has 8 rings (SSSR count). The Morgan fingerprint density at radius 1 is 0.862 bits per heavy atom. The number of carbonyl (C=O) groups excluding carboxylic acids is 3. The molecule has 0 saturated heterocycles. The lowest BCUT2D eigenvalue weighted by Crippen LogP contribution is -2.52. The van der Waals surface area contributed by atoms with Gasteiger partial charge in [0.15, 0.2) is 0 Å². The van der Waals surface area contributed by atoms with Crippen molar-refractivity contribution in [1.29, 1.82) is 0 Å². The highest BCUT2D eigenvalue weighted by atomic mass is 19.4. The first-order chi connectivity index (χ1) is 31.4. The van der Waals surface area contributed by atoms with Crippen LogP contribution in [0.5, 0.6) is 5.75 Å². The summed E-state index contributed by atoms with van der Waals surface area (Å²) in [6, 6.07) is 38.2. The molecule has 2 aromatic heterocycles. The second kappa shape index (κ2) is 19.1. The van der Waals surface area contributed by atoms with Gasteiger partial charge in [-0.2, -0.15) is 13.2 Å². The molecule has 2 amide bonds. The number of esters is 1. The predicted molar refractivity (Wildman–Crippen MR) is 240 cm³/mol. The number of aliphatic hydroxyl groups is 1. The predicted octanol–water partition coefficient (Wildman–Crippen LogP) is 10.9. The summed E-state index contributed by atoms with van der Waals surface area (Å²) in [6.07, 6.45) is -3.69. The number of alkyl halides is 3. The number of hydrogen-bond donors (Lipinski definition) is 1. The van der Waals surface area contributed by atoms with E-state index in [0.29, 0.717) is 28.9 Å². The van der Waals surface area contributed by atoms with Gasteiger partial charge in [0.1, 0.15) is 29.1 Å². The Hall–Kier alpha value is -7.51. The number of amides is 2. The van der Waals surface area contributed by atoms with Crippen LogP contribution in [-0.2, 0) is 22.3 Å². The monoisotopic (exact) mass is 879 g/mol. The summed E-state index contributed by atoms with van der Waals surface area (Å²) in [6.45, 7) is 5.01. The van der Waals surface area contributed by atoms with E-state index >= 15 is 9.59 Å². The van der Waals surface area contributed by atoms with E-state index in [1.165, 1.54) is 34.9 Å². The number of anilines is 1. The second-order valence-corrected chi connectivity index (χ2v) is 15.5. The van der Waals surface area contributed by atoms with Crippen molar-refractivity contribution in [3.63, 3.8) is 0 Å². The number of ether oxygens (including phenoxy) is 2. The molecular weight excluding hydrogens is 836 g/mol. The molecule has 3 atom stereocenters. The lowest BCUT2D eigenvalue weighted by atomic mass is 9.93. The highest BCUT2D eigenvalue weighted by Gasteiger charge is 2.51. The van der Waals surface area contributed by atoms with Crippen molar-refractivity contribution in [1.82, 2.24) is 9.88 Å². The van der Waals surface area contributed by atoms with Crippen LogP contribution in [0.4, 0.5) is 18.9 Å². The Kier molecular flexibility index (Phi) is 12.9. The minimum absolute atomic E-state index is 0.0672. The molecular formula is C52H44F3N3O7. The molecule has 0 fully saturated rings. The van der Waals surface area contributed by atoms with Crippen LogP contribution in [0.2, 0.25) is 0 Å². The zero-order chi connectivity index (χ0) is 45.7. The highest BCUT2D eigenvalue weighted by molar-refractivity contribution is 6.08. The third kappa shape index (κ3) is 9.56. The molecule has 10 nitrogen and oxygen atoms in total. The summed E-state index contributed by atoms with van der Waals surface area (Å²) in [7, 11) is 0. The van der Waals surface area contributed by atoms with Gasteiger partial charge in [0.25, 0.3) is 11.8 Å². The van der Waals surface area contributed by atoms with Crippen LogP contribution in [0.25, 0.3) is 33.4 Å². The van der Waals surface area contributed by atoms with Gasteiger partial charge in [-0.15, -0.1) is 6.58 Å². The van der Waals surface area contributed by atoms with Crippen molar-refractivity contribution in [2.24, 2.45) is 0 Å². The molecule has 7 aromatic rings. The maximum atomic E-state index is 15.4. The van der Waals surface area contributed by atoms with Gasteiger partial charge < -0.3 is 23.9 Å². The topological polar surface area (TPSA) is 122 Å². The van der Waals surface area contributed by atoms with Gasteiger partial charge in [0, 0.05) is 48.4 Å². The molecule has 0 radical (unpaired) electrons. The van der Waals surface area contributed by atoms with Crippen molar-refractivity contribution in [2.75, 3.05) is 18.1 Å². The van der Waals surface area contributed by atoms with Gasteiger partial charge in [-0.3, -0.25) is 19.3 Å². The van der Waals surface area contributed by atoms with Crippen LogP contribution in [0.15, 0.2) is 163 Å². The maximum absolute atomic E-state index is 15.4. The zero-order valence-electron chi connectivity index (χ0n) is 35.3. The number of carbonyl (C=O) groups is 3. The number of rotatable bonds is 15. The number of para-hydroxylation sites is 1. The largest absolute Gasteiger partial charge is 0.493 e. The third-order valence-corrected chi connectivity index (χ3v) is 11.2. The van der Waals surface area contributed by atoms with Gasteiger partial charge in [0.2, 0.25) is 0 Å². The second-order valence-electron chi connectivity index (χ2n) is 15.5. The molecule has 1 aliphatic rings. The standard InChI is InChI=1S/C52H44F3N3O7/c1-3-11-47(64-33(2)60)49-48(42-31-40(63-29-10-28-59)23-26-45(42)58(49)51(62)44-25-22-36-14-7-8-17-43(36)56-44)57(50(61)37-20-18-35(19-21-37)34-12-5-4-6-13-34)32-41-24-27-46(65-41)38-15-9-16-39(30-38)52(53,54)55/h3-9,12-27,30-31,47-49,59H,1,10-11,28-29,32H2,2H3/t47?,48-,49+/m0/s1. The van der Waals surface area contributed by atoms with Crippen LogP contribution >= 0.6 is 0 Å². The van der Waals surface area contributed by atoms with Crippen molar-refractivity contribution in [2.45, 2.75) is 50.7 Å². The summed E-state index contributed by atoms with van der Waals surface area (Å²) >= 11 is 0. The molecule has 3 heterocycles. The Bertz CT molecular complexity index is 2840. The van der Waals surface area contributed by atoms with E-state index in [9.17, 15) is 23.1 Å². The van der Waals surface area contributed by atoms with E-state index in [4.69, 9.17) is 18.9 Å². The summed E-state index contributed by atoms with van der Waals surface area (Å²) in [5.41, 5.74) is 2.91. The van der Waals surface area contributed by atoms with Crippen LogP contribution in [0.1, 0.15) is 63.5 Å². The van der Waals surface area contributed by atoms with Gasteiger partial charge in [-0.1, -0.05) is 84.9 Å². The van der Waals surface area contributed by atoms with Crippen molar-refractivity contribution >= 4 is 34.4 Å². The summed E-state index contributed by atoms with van der Waals surface area (Å²) < 4.78 is 59.7. The van der Waals surface area contributed by atoms with Crippen molar-refractivity contribution in [3.8, 4) is 28.2 Å². The molecule has 0 bridgehead atoms. The molecule has 1 N–H and O–H groups in total. The lowest BCUT2D eigenvalue weighted by molar-refractivity contribution is -0.148. The van der Waals surface area contributed by atoms with E-state index in [1.807, 2.05) is 60.7 Å². The Morgan fingerprint density at radius 3 is 2.34 bits per heavy atom. The minimum atomic E-state index is -4.59. The normalized spacial score (nSPS) is 15.0. The SMILES string of the molecule is C=CCC(OC(C)=O)[C@@H]1[C@@H](N(Cc2ccc(-c3cccc(C(F)(F)F)c3)o2)C(=O)c2ccc(-c3ccccc3)cc2)c2cc(OCCCO)ccc2N1C(=O)c1ccc2ccccc2n1. The van der Waals surface area contributed by atoms with Crippen LogP contribution in [-0.4, -0.2) is 58.1 Å². The Balaban J connectivity index is 1.31. The zero-order valence-corrected chi connectivity index (χ0v) is 35.3. The summed E-state index contributed by atoms with van der Waals surface area (Å²) in [5, 5.41) is 10.3. The molecule has 65 heavy (non-hydrogen) atoms. The molecule has 330 valence electrons. The molecule has 5 aromatic carbocycles. The average molecular weight is 880 g/mol. The molecule has 1 aliphatic heterocycles. The van der Waals surface area contributed by atoms with Crippen LogP contribution < -0.4 is 9.64 Å². The third-order valence-electron chi connectivity index (χ3n) is 11.2. The number of furan rings is 1. The number of nitrogens with zero attached hydrogens (tertiary/aromatic N) is 3. The Labute approximate surface area is 373 Å². The fourth-order valence-electron chi connectivity index (χ4n) is 8.26. The number of aromatic nitrogens is 1. The molecule has 1 unspecified atom stereocenters. The number of fused-ring (bicyclic) bond motifs is 2. The first-order valence-electron chi connectivity index (χ1n) is 21.0. The highest BCUT2D eigenvalue weighted by Crippen LogP contribution is 2.49. The van der Waals surface area contributed by atoms with E-state index in [-0.39, 0.29) is 54.5 Å². The minimum Gasteiger partial charge on any atom is -0.493 e. The number of pyridine rings is 1. The van der Waals surface area contributed by atoms with E-state index in [2.05, 4.69) is 6.58 Å². The summed E-state index contributed by atoms with van der Waals surface area (Å²) in [5.74, 6) is -0.928. The van der Waals surface area contributed by atoms with E-state index in [0.717, 1.165) is 28.6 Å². The number of aliphatic hydroxyl groups excluding tert-OH is 1. The van der Waals surface area contributed by atoms with Gasteiger partial charge in [-0.05, 0) is 77.9 Å². The maximum Gasteiger partial charge on any atom is 0.416 e. The first-order valence-corrected chi connectivity index (χ1v) is 21.0. The quantitative estimate of drug-likeness (QED) is 0.0614. The summed E-state index contributed by atoms with van der Waals surface area (Å²) in [4.78, 5) is 51.3. The first kappa shape index (κ1) is 44.1. The van der Waals surface area contributed by atoms with Gasteiger partial charge in [0.05, 0.1) is 42.0 Å². The fourth-order valence-corrected chi connectivity index (χ4v) is 8.26. The number of halogens is 3. The van der Waals surface area contributed by atoms with Gasteiger partial charge in [-0.25, -0.2) is 4.98 Å². The van der Waals surface area contributed by atoms with Crippen LogP contribution in [0, 0.1) is 0 Å². The fraction of sp³-hybridized carbons (Fsp3) is 0.192. The smallest absolute Gasteiger partial charge is 0.416 e. The van der Waals surface area contributed by atoms with Crippen molar-refractivity contribution in [3.05, 3.63) is 186 Å². The molecule has 13 heteroatoms. The molecule has 0 aliphatic carbocycles. The van der Waals surface area contributed by atoms with E-state index in [1.54, 1.807) is 60.7 Å². The average Bonchev–Trinajstić information content (AvgIpc) is 3.93. The van der Waals surface area contributed by atoms with E-state index < -0.39 is 47.7 Å².